The molecule has 0 spiro atoms. The van der Waals surface area contributed by atoms with Crippen LogP contribution in [0.5, 0.6) is 5.75 Å². The van der Waals surface area contributed by atoms with Crippen molar-refractivity contribution in [2.24, 2.45) is 0 Å². The number of likely N-dealkylation sites (N-methyl/N-ethyl adjacent to an activating group) is 1. The minimum absolute atomic E-state index is 0.0276. The average Bonchev–Trinajstić information content (AvgIpc) is 2.32. The summed E-state index contributed by atoms with van der Waals surface area (Å²) in [4.78, 5) is 13.5. The zero-order chi connectivity index (χ0) is 12.8. The SMILES string of the molecule is CCOCCN(C)C(=O)c1ccc(O)c(Cl)c1. The summed E-state index contributed by atoms with van der Waals surface area (Å²) < 4.78 is 5.17. The Morgan fingerprint density at radius 2 is 2.24 bits per heavy atom. The van der Waals surface area contributed by atoms with Crippen LogP contribution in [0.15, 0.2) is 18.2 Å². The van der Waals surface area contributed by atoms with Crippen LogP contribution in [0.1, 0.15) is 17.3 Å². The van der Waals surface area contributed by atoms with Crippen LogP contribution in [-0.4, -0.2) is 42.7 Å². The fourth-order valence-electron chi connectivity index (χ4n) is 1.31. The Balaban J connectivity index is 2.65. The first-order valence-corrected chi connectivity index (χ1v) is 5.75. The van der Waals surface area contributed by atoms with E-state index >= 15 is 0 Å². The van der Waals surface area contributed by atoms with Gasteiger partial charge in [-0.15, -0.1) is 0 Å². The molecule has 0 aliphatic carbocycles. The van der Waals surface area contributed by atoms with E-state index in [0.29, 0.717) is 25.3 Å². The molecular formula is C12H16ClNO3. The summed E-state index contributed by atoms with van der Waals surface area (Å²) in [5.41, 5.74) is 0.451. The number of hydrogen-bond donors (Lipinski definition) is 1. The van der Waals surface area contributed by atoms with Crippen LogP contribution in [0.4, 0.5) is 0 Å². The monoisotopic (exact) mass is 257 g/mol. The molecule has 1 rings (SSSR count). The molecule has 4 nitrogen and oxygen atoms in total. The number of benzene rings is 1. The van der Waals surface area contributed by atoms with Crippen molar-refractivity contribution in [3.05, 3.63) is 28.8 Å². The molecule has 0 aromatic heterocycles. The van der Waals surface area contributed by atoms with Gasteiger partial charge in [0.15, 0.2) is 0 Å². The summed E-state index contributed by atoms with van der Waals surface area (Å²) in [5, 5.41) is 9.44. The van der Waals surface area contributed by atoms with Crippen LogP contribution in [0.3, 0.4) is 0 Å². The zero-order valence-electron chi connectivity index (χ0n) is 9.94. The average molecular weight is 258 g/mol. The molecule has 0 fully saturated rings. The molecule has 0 atom stereocenters. The van der Waals surface area contributed by atoms with E-state index in [0.717, 1.165) is 0 Å². The van der Waals surface area contributed by atoms with Crippen molar-refractivity contribution in [2.45, 2.75) is 6.92 Å². The van der Waals surface area contributed by atoms with Crippen LogP contribution >= 0.6 is 11.6 Å². The lowest BCUT2D eigenvalue weighted by molar-refractivity contribution is 0.0710. The Hall–Kier alpha value is -1.26. The third kappa shape index (κ3) is 3.91. The van der Waals surface area contributed by atoms with E-state index in [1.807, 2.05) is 6.92 Å². The van der Waals surface area contributed by atoms with Crippen molar-refractivity contribution in [3.8, 4) is 5.75 Å². The lowest BCUT2D eigenvalue weighted by Crippen LogP contribution is -2.30. The third-order valence-electron chi connectivity index (χ3n) is 2.32. The highest BCUT2D eigenvalue weighted by atomic mass is 35.5. The smallest absolute Gasteiger partial charge is 0.253 e. The molecule has 1 amide bonds. The molecule has 0 saturated heterocycles. The van der Waals surface area contributed by atoms with Crippen molar-refractivity contribution in [2.75, 3.05) is 26.8 Å². The van der Waals surface area contributed by atoms with Gasteiger partial charge in [0.05, 0.1) is 11.6 Å². The minimum atomic E-state index is -0.147. The van der Waals surface area contributed by atoms with Gasteiger partial charge in [-0.3, -0.25) is 4.79 Å². The van der Waals surface area contributed by atoms with Crippen molar-refractivity contribution >= 4 is 17.5 Å². The number of halogens is 1. The van der Waals surface area contributed by atoms with Gasteiger partial charge in [0, 0.05) is 25.8 Å². The standard InChI is InChI=1S/C12H16ClNO3/c1-3-17-7-6-14(2)12(16)9-4-5-11(15)10(13)8-9/h4-5,8,15H,3,6-7H2,1-2H3. The maximum Gasteiger partial charge on any atom is 0.253 e. The molecule has 0 heterocycles. The van der Waals surface area contributed by atoms with Crippen molar-refractivity contribution in [1.29, 1.82) is 0 Å². The second-order valence-electron chi connectivity index (χ2n) is 3.59. The van der Waals surface area contributed by atoms with Gasteiger partial charge < -0.3 is 14.7 Å². The number of carbonyl (C=O) groups excluding carboxylic acids is 1. The number of ether oxygens (including phenoxy) is 1. The molecule has 0 aliphatic rings. The maximum atomic E-state index is 11.9. The number of carbonyl (C=O) groups is 1. The largest absolute Gasteiger partial charge is 0.506 e. The van der Waals surface area contributed by atoms with E-state index in [1.54, 1.807) is 18.0 Å². The second kappa shape index (κ2) is 6.47. The van der Waals surface area contributed by atoms with Gasteiger partial charge >= 0.3 is 0 Å². The molecule has 1 N–H and O–H groups in total. The lowest BCUT2D eigenvalue weighted by atomic mass is 10.2. The molecule has 0 aliphatic heterocycles. The highest BCUT2D eigenvalue weighted by Gasteiger charge is 2.12. The third-order valence-corrected chi connectivity index (χ3v) is 2.62. The Bertz CT molecular complexity index is 395. The van der Waals surface area contributed by atoms with Crippen molar-refractivity contribution < 1.29 is 14.6 Å². The van der Waals surface area contributed by atoms with Gasteiger partial charge in [0.25, 0.3) is 5.91 Å². The first kappa shape index (κ1) is 13.8. The molecule has 0 saturated carbocycles. The van der Waals surface area contributed by atoms with E-state index in [1.165, 1.54) is 12.1 Å². The normalized spacial score (nSPS) is 10.3. The number of aromatic hydroxyl groups is 1. The van der Waals surface area contributed by atoms with Gasteiger partial charge in [0.2, 0.25) is 0 Å². The Kier molecular flexibility index (Phi) is 5.25. The Morgan fingerprint density at radius 3 is 2.82 bits per heavy atom. The van der Waals surface area contributed by atoms with Crippen LogP contribution in [0.2, 0.25) is 5.02 Å². The molecule has 5 heteroatoms. The Labute approximate surface area is 106 Å². The number of hydrogen-bond acceptors (Lipinski definition) is 3. The number of rotatable bonds is 5. The van der Waals surface area contributed by atoms with Crippen LogP contribution < -0.4 is 0 Å². The van der Waals surface area contributed by atoms with Crippen molar-refractivity contribution in [3.63, 3.8) is 0 Å². The fraction of sp³-hybridized carbons (Fsp3) is 0.417. The molecular weight excluding hydrogens is 242 g/mol. The number of amides is 1. The van der Waals surface area contributed by atoms with Gasteiger partial charge in [-0.1, -0.05) is 11.6 Å². The van der Waals surface area contributed by atoms with E-state index in [9.17, 15) is 9.90 Å². The summed E-state index contributed by atoms with van der Waals surface area (Å²) in [6.07, 6.45) is 0. The van der Waals surface area contributed by atoms with E-state index in [4.69, 9.17) is 16.3 Å². The summed E-state index contributed by atoms with van der Waals surface area (Å²) in [7, 11) is 1.70. The lowest BCUT2D eigenvalue weighted by Gasteiger charge is -2.17. The molecule has 94 valence electrons. The predicted octanol–water partition coefficient (Wildman–Crippen LogP) is 2.15. The van der Waals surface area contributed by atoms with Crippen molar-refractivity contribution in [1.82, 2.24) is 4.90 Å². The highest BCUT2D eigenvalue weighted by molar-refractivity contribution is 6.32. The summed E-state index contributed by atoms with van der Waals surface area (Å²) in [5.74, 6) is -0.174. The van der Waals surface area contributed by atoms with Gasteiger partial charge in [-0.2, -0.15) is 0 Å². The van der Waals surface area contributed by atoms with Gasteiger partial charge in [-0.25, -0.2) is 0 Å². The van der Waals surface area contributed by atoms with Gasteiger partial charge in [0.1, 0.15) is 5.75 Å². The first-order chi connectivity index (χ1) is 8.06. The topological polar surface area (TPSA) is 49.8 Å². The Morgan fingerprint density at radius 1 is 1.53 bits per heavy atom. The molecule has 0 unspecified atom stereocenters. The second-order valence-corrected chi connectivity index (χ2v) is 4.00. The minimum Gasteiger partial charge on any atom is -0.506 e. The first-order valence-electron chi connectivity index (χ1n) is 5.38. The van der Waals surface area contributed by atoms with Crippen LogP contribution in [0, 0.1) is 0 Å². The van der Waals surface area contributed by atoms with E-state index < -0.39 is 0 Å². The molecule has 0 bridgehead atoms. The molecule has 0 radical (unpaired) electrons. The van der Waals surface area contributed by atoms with Gasteiger partial charge in [-0.05, 0) is 25.1 Å². The van der Waals surface area contributed by atoms with E-state index in [2.05, 4.69) is 0 Å². The fourth-order valence-corrected chi connectivity index (χ4v) is 1.49. The number of phenols is 1. The molecule has 1 aromatic rings. The highest BCUT2D eigenvalue weighted by Crippen LogP contribution is 2.24. The number of phenolic OH excluding ortho intramolecular Hbond substituents is 1. The summed E-state index contributed by atoms with van der Waals surface area (Å²) in [6, 6.07) is 4.41. The van der Waals surface area contributed by atoms with E-state index in [-0.39, 0.29) is 16.7 Å². The maximum absolute atomic E-state index is 11.9. The number of nitrogens with zero attached hydrogens (tertiary/aromatic N) is 1. The van der Waals surface area contributed by atoms with Crippen LogP contribution in [-0.2, 0) is 4.74 Å². The molecule has 1 aromatic carbocycles. The zero-order valence-corrected chi connectivity index (χ0v) is 10.7. The molecule has 17 heavy (non-hydrogen) atoms. The summed E-state index contributed by atoms with van der Waals surface area (Å²) >= 11 is 5.74. The van der Waals surface area contributed by atoms with Crippen LogP contribution in [0.25, 0.3) is 0 Å². The predicted molar refractivity (Wildman–Crippen MR) is 66.6 cm³/mol. The quantitative estimate of drug-likeness (QED) is 0.823. The summed E-state index contributed by atoms with van der Waals surface area (Å²) in [6.45, 7) is 3.56.